The first-order chi connectivity index (χ1) is 25.7. The number of nitrogens with one attached hydrogen (secondary N) is 6. The molecule has 0 unspecified atom stereocenters. The average Bonchev–Trinajstić information content (AvgIpc) is 3.11. The van der Waals surface area contributed by atoms with Gasteiger partial charge >= 0.3 is 5.97 Å². The van der Waals surface area contributed by atoms with E-state index < -0.39 is 95.5 Å². The molecule has 0 aromatic heterocycles. The number of carboxylic acid groups (broad SMARTS) is 1. The zero-order valence-electron chi connectivity index (χ0n) is 34.2. The Bertz CT molecular complexity index is 1240. The largest absolute Gasteiger partial charge is 0.480 e. The van der Waals surface area contributed by atoms with Crippen LogP contribution in [-0.2, 0) is 33.6 Å². The van der Waals surface area contributed by atoms with Crippen molar-refractivity contribution < 1.29 is 38.7 Å². The van der Waals surface area contributed by atoms with Gasteiger partial charge in [-0.2, -0.15) is 24.4 Å². The minimum Gasteiger partial charge on any atom is -0.480 e. The standard InChI is InChI=1S/C37H70N8O8S2/c1-10-23(8)30(36(51)40-25(14-16-55-9)32(47)41-26(37(52)53)13-11-12-15-38)45-33(48)27(18-21(4)5)42-35(50)29(22(6)7)44-34(49)28(19-54)43-31(46)24(39)17-20(2)3/h20-30,54H,10-19,38-39H2,1-9H3,(H,40,51)(H,41,47)(H,42,50)(H,43,46)(H,44,49)(H,45,48)(H,52,53)/t23-,24-,25-,26-,27-,28-,29-,30-/m0/s1. The average molecular weight is 819 g/mol. The molecule has 18 heteroatoms. The number of thioether (sulfide) groups is 1. The first-order valence-corrected chi connectivity index (χ1v) is 21.4. The maximum atomic E-state index is 13.9. The van der Waals surface area contributed by atoms with Crippen LogP contribution in [0.3, 0.4) is 0 Å². The molecule has 0 saturated carbocycles. The number of rotatable bonds is 28. The van der Waals surface area contributed by atoms with Gasteiger partial charge in [0, 0.05) is 5.75 Å². The molecule has 55 heavy (non-hydrogen) atoms. The van der Waals surface area contributed by atoms with Crippen molar-refractivity contribution in [1.29, 1.82) is 0 Å². The van der Waals surface area contributed by atoms with Crippen molar-refractivity contribution in [3.63, 3.8) is 0 Å². The van der Waals surface area contributed by atoms with Crippen molar-refractivity contribution in [2.75, 3.05) is 24.3 Å². The van der Waals surface area contributed by atoms with Gasteiger partial charge in [0.25, 0.3) is 0 Å². The van der Waals surface area contributed by atoms with Crippen molar-refractivity contribution in [1.82, 2.24) is 31.9 Å². The van der Waals surface area contributed by atoms with Crippen molar-refractivity contribution in [3.05, 3.63) is 0 Å². The molecule has 0 radical (unpaired) electrons. The van der Waals surface area contributed by atoms with E-state index in [1.165, 1.54) is 11.8 Å². The summed E-state index contributed by atoms with van der Waals surface area (Å²) in [6.07, 6.45) is 4.42. The van der Waals surface area contributed by atoms with Crippen molar-refractivity contribution in [2.45, 2.75) is 143 Å². The second-order valence-corrected chi connectivity index (χ2v) is 16.6. The fourth-order valence-electron chi connectivity index (χ4n) is 5.59. The maximum absolute atomic E-state index is 13.9. The molecule has 0 aliphatic heterocycles. The molecule has 6 amide bonds. The maximum Gasteiger partial charge on any atom is 0.326 e. The fraction of sp³-hybridized carbons (Fsp3) is 0.811. The Morgan fingerprint density at radius 3 is 1.62 bits per heavy atom. The molecule has 0 aliphatic rings. The minimum absolute atomic E-state index is 0.0510. The lowest BCUT2D eigenvalue weighted by Gasteiger charge is -2.30. The van der Waals surface area contributed by atoms with E-state index >= 15 is 0 Å². The summed E-state index contributed by atoms with van der Waals surface area (Å²) in [5.41, 5.74) is 11.5. The number of unbranched alkanes of at least 4 members (excludes halogenated alkanes) is 1. The molecule has 318 valence electrons. The van der Waals surface area contributed by atoms with Gasteiger partial charge in [-0.15, -0.1) is 0 Å². The molecule has 0 aliphatic carbocycles. The van der Waals surface area contributed by atoms with Gasteiger partial charge in [-0.1, -0.05) is 61.8 Å². The highest BCUT2D eigenvalue weighted by molar-refractivity contribution is 7.98. The second-order valence-electron chi connectivity index (χ2n) is 15.3. The van der Waals surface area contributed by atoms with Gasteiger partial charge in [-0.05, 0) is 80.7 Å². The van der Waals surface area contributed by atoms with E-state index in [0.717, 1.165) is 0 Å². The number of hydrogen-bond acceptors (Lipinski definition) is 11. The lowest BCUT2D eigenvalue weighted by molar-refractivity contribution is -0.142. The number of aliphatic carboxylic acids is 1. The number of nitrogens with two attached hydrogens (primary N) is 2. The summed E-state index contributed by atoms with van der Waals surface area (Å²) in [5.74, 6) is -5.18. The predicted molar refractivity (Wildman–Crippen MR) is 220 cm³/mol. The number of carboxylic acids is 1. The van der Waals surface area contributed by atoms with E-state index in [2.05, 4.69) is 44.5 Å². The van der Waals surface area contributed by atoms with Gasteiger partial charge < -0.3 is 48.5 Å². The first-order valence-electron chi connectivity index (χ1n) is 19.3. The van der Waals surface area contributed by atoms with Crippen LogP contribution < -0.4 is 43.4 Å². The lowest BCUT2D eigenvalue weighted by atomic mass is 9.95. The van der Waals surface area contributed by atoms with Gasteiger partial charge in [0.05, 0.1) is 6.04 Å². The SMILES string of the molecule is CC[C@H](C)[C@H](NC(=O)[C@H](CC(C)C)NC(=O)[C@@H](NC(=O)[C@H](CS)NC(=O)[C@@H](N)CC(C)C)C(C)C)C(=O)N[C@@H](CCSC)C(=O)N[C@@H](CCCCN)C(=O)O. The zero-order chi connectivity index (χ0) is 42.4. The van der Waals surface area contributed by atoms with Crippen molar-refractivity contribution in [2.24, 2.45) is 35.1 Å². The van der Waals surface area contributed by atoms with E-state index in [4.69, 9.17) is 11.5 Å². The Hall–Kier alpha value is -3.09. The highest BCUT2D eigenvalue weighted by Gasteiger charge is 2.35. The van der Waals surface area contributed by atoms with Gasteiger partial charge in [0.2, 0.25) is 35.4 Å². The lowest BCUT2D eigenvalue weighted by Crippen LogP contribution is -2.61. The fourth-order valence-corrected chi connectivity index (χ4v) is 6.31. The van der Waals surface area contributed by atoms with E-state index in [-0.39, 0.29) is 36.9 Å². The first kappa shape index (κ1) is 51.9. The van der Waals surface area contributed by atoms with Gasteiger partial charge in [-0.25, -0.2) is 4.79 Å². The molecule has 0 rings (SSSR count). The third-order valence-corrected chi connectivity index (χ3v) is 10.1. The zero-order valence-corrected chi connectivity index (χ0v) is 35.9. The van der Waals surface area contributed by atoms with E-state index in [9.17, 15) is 38.7 Å². The smallest absolute Gasteiger partial charge is 0.326 e. The Morgan fingerprint density at radius 2 is 1.13 bits per heavy atom. The van der Waals surface area contributed by atoms with Crippen LogP contribution >= 0.6 is 24.4 Å². The number of thiol groups is 1. The summed E-state index contributed by atoms with van der Waals surface area (Å²) >= 11 is 5.67. The third kappa shape index (κ3) is 20.1. The Morgan fingerprint density at radius 1 is 0.636 bits per heavy atom. The normalized spacial score (nSPS) is 15.8. The quantitative estimate of drug-likeness (QED) is 0.0392. The summed E-state index contributed by atoms with van der Waals surface area (Å²) in [6, 6.07) is -7.41. The molecule has 0 aromatic carbocycles. The highest BCUT2D eigenvalue weighted by atomic mass is 32.2. The Kier molecular flexibility index (Phi) is 26.0. The summed E-state index contributed by atoms with van der Waals surface area (Å²) in [6.45, 7) is 15.0. The van der Waals surface area contributed by atoms with Crippen LogP contribution in [0.4, 0.5) is 0 Å². The molecule has 16 nitrogen and oxygen atoms in total. The molecule has 0 saturated heterocycles. The summed E-state index contributed by atoms with van der Waals surface area (Å²) in [4.78, 5) is 92.5. The number of carbonyl (C=O) groups excluding carboxylic acids is 6. The van der Waals surface area contributed by atoms with Crippen LogP contribution in [0, 0.1) is 23.7 Å². The van der Waals surface area contributed by atoms with Gasteiger partial charge in [0.15, 0.2) is 0 Å². The molecule has 0 heterocycles. The molecular formula is C37H70N8O8S2. The molecule has 11 N–H and O–H groups in total. The van der Waals surface area contributed by atoms with Crippen LogP contribution in [0.2, 0.25) is 0 Å². The summed E-state index contributed by atoms with van der Waals surface area (Å²) in [5, 5.41) is 25.8. The Balaban J connectivity index is 6.14. The molecular weight excluding hydrogens is 749 g/mol. The van der Waals surface area contributed by atoms with Gasteiger partial charge in [-0.3, -0.25) is 28.8 Å². The predicted octanol–water partition coefficient (Wildman–Crippen LogP) is 0.913. The van der Waals surface area contributed by atoms with E-state index in [0.29, 0.717) is 38.0 Å². The minimum atomic E-state index is -1.20. The van der Waals surface area contributed by atoms with E-state index in [1.54, 1.807) is 20.8 Å². The van der Waals surface area contributed by atoms with Crippen LogP contribution in [0.15, 0.2) is 0 Å². The molecule has 0 aromatic rings. The summed E-state index contributed by atoms with van der Waals surface area (Å²) < 4.78 is 0. The van der Waals surface area contributed by atoms with Crippen LogP contribution in [-0.4, -0.2) is 113 Å². The molecule has 0 fully saturated rings. The Labute approximate surface area is 337 Å². The topological polar surface area (TPSA) is 264 Å². The number of carbonyl (C=O) groups is 7. The van der Waals surface area contributed by atoms with Crippen LogP contribution in [0.1, 0.15) is 100 Å². The molecule has 0 spiro atoms. The second kappa shape index (κ2) is 27.5. The van der Waals surface area contributed by atoms with Crippen LogP contribution in [0.5, 0.6) is 0 Å². The summed E-state index contributed by atoms with van der Waals surface area (Å²) in [7, 11) is 0. The molecule has 0 bridgehead atoms. The number of amides is 6. The van der Waals surface area contributed by atoms with Crippen LogP contribution in [0.25, 0.3) is 0 Å². The third-order valence-electron chi connectivity index (χ3n) is 9.06. The highest BCUT2D eigenvalue weighted by Crippen LogP contribution is 2.14. The number of hydrogen-bond donors (Lipinski definition) is 10. The molecule has 8 atom stereocenters. The van der Waals surface area contributed by atoms with E-state index in [1.807, 2.05) is 40.9 Å². The monoisotopic (exact) mass is 818 g/mol. The van der Waals surface area contributed by atoms with Crippen molar-refractivity contribution in [3.8, 4) is 0 Å². The van der Waals surface area contributed by atoms with Crippen molar-refractivity contribution >= 4 is 65.8 Å². The van der Waals surface area contributed by atoms with Gasteiger partial charge in [0.1, 0.15) is 36.3 Å².